The molecule has 0 saturated heterocycles. The molecule has 0 heterocycles. The van der Waals surface area contributed by atoms with E-state index in [0.29, 0.717) is 35.8 Å². The van der Waals surface area contributed by atoms with E-state index in [1.807, 2.05) is 42.5 Å². The lowest BCUT2D eigenvalue weighted by Crippen LogP contribution is -2.36. The van der Waals surface area contributed by atoms with E-state index in [-0.39, 0.29) is 17.4 Å². The van der Waals surface area contributed by atoms with E-state index in [2.05, 4.69) is 22.9 Å². The van der Waals surface area contributed by atoms with Gasteiger partial charge in [-0.1, -0.05) is 43.7 Å². The summed E-state index contributed by atoms with van der Waals surface area (Å²) in [5.74, 6) is 0.112. The Morgan fingerprint density at radius 2 is 1.70 bits per heavy atom. The minimum absolute atomic E-state index is 0.171. The van der Waals surface area contributed by atoms with Gasteiger partial charge in [-0.05, 0) is 116 Å². The number of hydrogen-bond donors (Lipinski definition) is 5. The van der Waals surface area contributed by atoms with E-state index >= 15 is 4.39 Å². The van der Waals surface area contributed by atoms with E-state index in [9.17, 15) is 13.2 Å². The zero-order chi connectivity index (χ0) is 31.3. The van der Waals surface area contributed by atoms with Crippen molar-refractivity contribution in [2.75, 3.05) is 22.9 Å². The van der Waals surface area contributed by atoms with Crippen molar-refractivity contribution in [1.29, 1.82) is 0 Å². The van der Waals surface area contributed by atoms with Gasteiger partial charge in [0.25, 0.3) is 0 Å². The predicted octanol–water partition coefficient (Wildman–Crippen LogP) is 8.18. The minimum Gasteiger partial charge on any atom is -0.399 e. The van der Waals surface area contributed by atoms with Gasteiger partial charge in [-0.2, -0.15) is 13.2 Å². The van der Waals surface area contributed by atoms with Crippen LogP contribution in [0.15, 0.2) is 89.8 Å². The van der Waals surface area contributed by atoms with Crippen LogP contribution in [0.4, 0.5) is 34.6 Å². The summed E-state index contributed by atoms with van der Waals surface area (Å²) in [5.41, 5.74) is 17.4. The third kappa shape index (κ3) is 8.21. The molecule has 5 rings (SSSR count). The van der Waals surface area contributed by atoms with Crippen molar-refractivity contribution < 1.29 is 17.6 Å². The van der Waals surface area contributed by atoms with E-state index in [1.54, 1.807) is 18.2 Å². The fourth-order valence-electron chi connectivity index (χ4n) is 5.34. The van der Waals surface area contributed by atoms with Crippen LogP contribution in [-0.4, -0.2) is 18.8 Å². The molecule has 7 N–H and O–H groups in total. The van der Waals surface area contributed by atoms with Crippen molar-refractivity contribution in [3.8, 4) is 0 Å². The molecule has 3 aromatic carbocycles. The van der Waals surface area contributed by atoms with Crippen LogP contribution in [0.3, 0.4) is 0 Å². The van der Waals surface area contributed by atoms with Crippen molar-refractivity contribution in [3.63, 3.8) is 0 Å². The van der Waals surface area contributed by atoms with Crippen molar-refractivity contribution in [1.82, 2.24) is 5.32 Å². The molecule has 5 nitrogen and oxygen atoms in total. The summed E-state index contributed by atoms with van der Waals surface area (Å²) in [6.45, 7) is 2.90. The minimum atomic E-state index is -4.64. The predicted molar refractivity (Wildman–Crippen MR) is 170 cm³/mol. The van der Waals surface area contributed by atoms with Gasteiger partial charge in [-0.15, -0.1) is 0 Å². The van der Waals surface area contributed by atoms with Gasteiger partial charge in [0.1, 0.15) is 11.9 Å². The zero-order valence-electron chi connectivity index (χ0n) is 25.0. The second kappa shape index (κ2) is 13.9. The Bertz CT molecular complexity index is 1490. The van der Waals surface area contributed by atoms with Crippen molar-refractivity contribution in [3.05, 3.63) is 112 Å². The monoisotopic (exact) mass is 607 g/mol. The van der Waals surface area contributed by atoms with Crippen LogP contribution in [0.2, 0.25) is 0 Å². The summed E-state index contributed by atoms with van der Waals surface area (Å²) in [4.78, 5) is 0. The van der Waals surface area contributed by atoms with Gasteiger partial charge >= 0.3 is 6.18 Å². The summed E-state index contributed by atoms with van der Waals surface area (Å²) >= 11 is 0. The molecule has 2 aliphatic carbocycles. The average Bonchev–Trinajstić information content (AvgIpc) is 3.78. The SMILES string of the molecule is CCCc1cccc(N/C(=C\C(N)C(F)(F)F)C(Nc2cc(C(NCC3CC3)c3ccc(N)cc3)ccc2F)=C2CCC2)c1. The Labute approximate surface area is 256 Å². The van der Waals surface area contributed by atoms with Gasteiger partial charge in [-0.25, -0.2) is 4.39 Å². The first-order chi connectivity index (χ1) is 21.1. The second-order valence-electron chi connectivity index (χ2n) is 11.9. The van der Waals surface area contributed by atoms with Crippen LogP contribution in [0, 0.1) is 11.7 Å². The van der Waals surface area contributed by atoms with Gasteiger partial charge < -0.3 is 27.4 Å². The molecule has 234 valence electrons. The summed E-state index contributed by atoms with van der Waals surface area (Å²) in [5, 5.41) is 10.0. The number of nitrogen functional groups attached to an aromatic ring is 1. The highest BCUT2D eigenvalue weighted by molar-refractivity contribution is 5.63. The molecule has 3 aromatic rings. The topological polar surface area (TPSA) is 88.1 Å². The fourth-order valence-corrected chi connectivity index (χ4v) is 5.34. The molecule has 0 aliphatic heterocycles. The van der Waals surface area contributed by atoms with Crippen LogP contribution in [0.5, 0.6) is 0 Å². The van der Waals surface area contributed by atoms with Crippen LogP contribution >= 0.6 is 0 Å². The number of benzene rings is 3. The molecular formula is C35H41F4N5. The number of hydrogen-bond acceptors (Lipinski definition) is 5. The summed E-state index contributed by atoms with van der Waals surface area (Å²) in [6, 6.07) is 17.6. The first kappa shape index (κ1) is 31.6. The average molecular weight is 608 g/mol. The smallest absolute Gasteiger partial charge is 0.399 e. The molecule has 9 heteroatoms. The maximum atomic E-state index is 15.5. The highest BCUT2D eigenvalue weighted by Crippen LogP contribution is 2.36. The van der Waals surface area contributed by atoms with Crippen LogP contribution in [0.1, 0.15) is 68.2 Å². The Hall–Kier alpha value is -3.82. The van der Waals surface area contributed by atoms with Gasteiger partial charge in [0, 0.05) is 11.4 Å². The van der Waals surface area contributed by atoms with Gasteiger partial charge in [-0.3, -0.25) is 0 Å². The first-order valence-electron chi connectivity index (χ1n) is 15.4. The van der Waals surface area contributed by atoms with Crippen LogP contribution < -0.4 is 27.4 Å². The zero-order valence-corrected chi connectivity index (χ0v) is 25.0. The number of allylic oxidation sites excluding steroid dienone is 1. The molecule has 0 bridgehead atoms. The molecule has 0 radical (unpaired) electrons. The van der Waals surface area contributed by atoms with Crippen molar-refractivity contribution >= 4 is 17.1 Å². The quantitative estimate of drug-likeness (QED) is 0.0999. The van der Waals surface area contributed by atoms with E-state index in [1.165, 1.54) is 18.9 Å². The van der Waals surface area contributed by atoms with Crippen molar-refractivity contribution in [2.45, 2.75) is 70.1 Å². The number of halogens is 4. The summed E-state index contributed by atoms with van der Waals surface area (Å²) < 4.78 is 56.6. The Balaban J connectivity index is 1.51. The lowest BCUT2D eigenvalue weighted by atomic mass is 9.89. The lowest BCUT2D eigenvalue weighted by Gasteiger charge is -2.28. The standard InChI is InChI=1S/C35H41F4N5/c1-2-5-22-6-3-9-28(18-22)43-31(20-32(41)35(37,38)39)34(24-7-4-8-24)44-30-19-26(14-17-29(30)36)33(42-21-23-10-11-23)25-12-15-27(40)16-13-25/h3,6,9,12-20,23,32-33,42-44H,2,4-5,7-8,10-11,21,40-41H2,1H3/b31-20-. The Kier molecular flexibility index (Phi) is 9.96. The highest BCUT2D eigenvalue weighted by atomic mass is 19.4. The lowest BCUT2D eigenvalue weighted by molar-refractivity contribution is -0.137. The number of rotatable bonds is 13. The van der Waals surface area contributed by atoms with E-state index < -0.39 is 18.0 Å². The van der Waals surface area contributed by atoms with E-state index in [4.69, 9.17) is 11.5 Å². The third-order valence-electron chi connectivity index (χ3n) is 8.21. The summed E-state index contributed by atoms with van der Waals surface area (Å²) in [6.07, 6.45) is 2.75. The Morgan fingerprint density at radius 1 is 0.977 bits per heavy atom. The molecule has 0 aromatic heterocycles. The number of aryl methyl sites for hydroxylation is 1. The molecule has 2 unspecified atom stereocenters. The number of nitrogens with one attached hydrogen (secondary N) is 3. The first-order valence-corrected chi connectivity index (χ1v) is 15.4. The summed E-state index contributed by atoms with van der Waals surface area (Å²) in [7, 11) is 0. The number of nitrogens with two attached hydrogens (primary N) is 2. The van der Waals surface area contributed by atoms with Crippen LogP contribution in [-0.2, 0) is 6.42 Å². The maximum absolute atomic E-state index is 15.5. The van der Waals surface area contributed by atoms with Gasteiger partial charge in [0.2, 0.25) is 0 Å². The van der Waals surface area contributed by atoms with Gasteiger partial charge in [0.05, 0.1) is 23.1 Å². The van der Waals surface area contributed by atoms with Crippen LogP contribution in [0.25, 0.3) is 0 Å². The molecule has 2 atom stereocenters. The second-order valence-corrected chi connectivity index (χ2v) is 11.9. The van der Waals surface area contributed by atoms with Gasteiger partial charge in [0.15, 0.2) is 0 Å². The van der Waals surface area contributed by atoms with E-state index in [0.717, 1.165) is 54.1 Å². The van der Waals surface area contributed by atoms with Crippen molar-refractivity contribution in [2.24, 2.45) is 11.7 Å². The molecule has 2 fully saturated rings. The Morgan fingerprint density at radius 3 is 2.34 bits per heavy atom. The maximum Gasteiger partial charge on any atom is 0.407 e. The molecular weight excluding hydrogens is 566 g/mol. The largest absolute Gasteiger partial charge is 0.407 e. The number of anilines is 3. The highest BCUT2D eigenvalue weighted by Gasteiger charge is 2.36. The molecule has 0 amide bonds. The number of alkyl halides is 3. The molecule has 44 heavy (non-hydrogen) atoms. The molecule has 2 saturated carbocycles. The molecule has 0 spiro atoms. The molecule has 2 aliphatic rings. The third-order valence-corrected chi connectivity index (χ3v) is 8.21. The normalized spacial score (nSPS) is 16.7. The fraction of sp³-hybridized carbons (Fsp3) is 0.371.